The molecule has 1 saturated heterocycles. The fourth-order valence-electron chi connectivity index (χ4n) is 3.25. The third kappa shape index (κ3) is 2.61. The van der Waals surface area contributed by atoms with Crippen LogP contribution in [0.1, 0.15) is 46.5 Å². The van der Waals surface area contributed by atoms with Crippen LogP contribution in [-0.4, -0.2) is 51.5 Å². The fourth-order valence-corrected chi connectivity index (χ4v) is 3.25. The van der Waals surface area contributed by atoms with Crippen molar-refractivity contribution in [2.45, 2.75) is 64.2 Å². The average molecular weight is 285 g/mol. The third-order valence-electron chi connectivity index (χ3n) is 4.14. The van der Waals surface area contributed by atoms with Crippen LogP contribution in [0.4, 0.5) is 4.79 Å². The van der Waals surface area contributed by atoms with Gasteiger partial charge in [0.2, 0.25) is 0 Å². The van der Waals surface area contributed by atoms with Crippen LogP contribution in [0.15, 0.2) is 0 Å². The topological polar surface area (TPSA) is 87.1 Å². The molecule has 1 atom stereocenters. The second-order valence-electron chi connectivity index (χ2n) is 6.86. The van der Waals surface area contributed by atoms with Crippen LogP contribution in [0.2, 0.25) is 0 Å². The van der Waals surface area contributed by atoms with Gasteiger partial charge >= 0.3 is 12.1 Å². The highest BCUT2D eigenvalue weighted by atomic mass is 16.6. The number of aliphatic hydroxyl groups is 1. The van der Waals surface area contributed by atoms with Crippen molar-refractivity contribution in [1.29, 1.82) is 0 Å². The Hall–Kier alpha value is -1.30. The number of likely N-dealkylation sites (tertiary alicyclic amines) is 1. The Morgan fingerprint density at radius 2 is 1.90 bits per heavy atom. The van der Waals surface area contributed by atoms with E-state index in [1.54, 1.807) is 20.8 Å². The number of amides is 1. The zero-order valence-corrected chi connectivity index (χ0v) is 12.3. The van der Waals surface area contributed by atoms with Gasteiger partial charge in [0, 0.05) is 6.54 Å². The summed E-state index contributed by atoms with van der Waals surface area (Å²) in [4.78, 5) is 25.3. The number of aliphatic carboxylic acids is 1. The quantitative estimate of drug-likeness (QED) is 0.805. The van der Waals surface area contributed by atoms with Crippen LogP contribution in [-0.2, 0) is 9.53 Å². The summed E-state index contributed by atoms with van der Waals surface area (Å²) in [5, 5.41) is 19.0. The normalized spacial score (nSPS) is 33.7. The molecule has 1 aliphatic heterocycles. The number of carbonyl (C=O) groups is 2. The summed E-state index contributed by atoms with van der Waals surface area (Å²) in [5.41, 5.74) is -1.60. The van der Waals surface area contributed by atoms with Gasteiger partial charge in [-0.2, -0.15) is 0 Å². The molecule has 0 spiro atoms. The van der Waals surface area contributed by atoms with Gasteiger partial charge in [-0.3, -0.25) is 4.79 Å². The molecule has 2 rings (SSSR count). The van der Waals surface area contributed by atoms with Gasteiger partial charge < -0.3 is 19.8 Å². The van der Waals surface area contributed by atoms with Crippen molar-refractivity contribution in [2.75, 3.05) is 6.54 Å². The first kappa shape index (κ1) is 15.1. The van der Waals surface area contributed by atoms with Gasteiger partial charge in [0.05, 0.1) is 17.6 Å². The van der Waals surface area contributed by atoms with Crippen molar-refractivity contribution in [3.63, 3.8) is 0 Å². The largest absolute Gasteiger partial charge is 0.481 e. The second-order valence-corrected chi connectivity index (χ2v) is 6.86. The molecular formula is C14H23NO5. The lowest BCUT2D eigenvalue weighted by molar-refractivity contribution is -0.170. The number of hydrogen-bond donors (Lipinski definition) is 2. The molecule has 0 aromatic heterocycles. The molecule has 2 aliphatic rings. The van der Waals surface area contributed by atoms with Crippen LogP contribution in [0.25, 0.3) is 0 Å². The molecule has 1 amide bonds. The van der Waals surface area contributed by atoms with Crippen LogP contribution in [0, 0.1) is 5.41 Å². The molecule has 0 radical (unpaired) electrons. The molecule has 1 unspecified atom stereocenters. The zero-order valence-electron chi connectivity index (χ0n) is 12.3. The van der Waals surface area contributed by atoms with Gasteiger partial charge in [0.1, 0.15) is 5.60 Å². The van der Waals surface area contributed by atoms with Gasteiger partial charge in [0.25, 0.3) is 0 Å². The van der Waals surface area contributed by atoms with E-state index < -0.39 is 29.2 Å². The molecule has 6 heteroatoms. The minimum atomic E-state index is -1.01. The van der Waals surface area contributed by atoms with Crippen LogP contribution in [0.5, 0.6) is 0 Å². The SMILES string of the molecule is CC(C)(C)OC(=O)N1CCCC1C1(C(=O)O)CC(O)C1. The lowest BCUT2D eigenvalue weighted by atomic mass is 9.61. The summed E-state index contributed by atoms with van der Waals surface area (Å²) in [6, 6.07) is -0.377. The molecule has 1 saturated carbocycles. The number of carboxylic acid groups (broad SMARTS) is 1. The summed E-state index contributed by atoms with van der Waals surface area (Å²) < 4.78 is 5.35. The van der Waals surface area contributed by atoms with Gasteiger partial charge in [-0.15, -0.1) is 0 Å². The van der Waals surface area contributed by atoms with E-state index in [1.165, 1.54) is 4.90 Å². The van der Waals surface area contributed by atoms with E-state index in [2.05, 4.69) is 0 Å². The van der Waals surface area contributed by atoms with Crippen LogP contribution in [0.3, 0.4) is 0 Å². The van der Waals surface area contributed by atoms with Crippen molar-refractivity contribution in [3.05, 3.63) is 0 Å². The molecule has 2 fully saturated rings. The number of carboxylic acids is 1. The molecule has 0 bridgehead atoms. The summed E-state index contributed by atoms with van der Waals surface area (Å²) in [6.45, 7) is 5.88. The van der Waals surface area contributed by atoms with Crippen molar-refractivity contribution >= 4 is 12.1 Å². The Labute approximate surface area is 118 Å². The van der Waals surface area contributed by atoms with E-state index in [-0.39, 0.29) is 18.9 Å². The van der Waals surface area contributed by atoms with Gasteiger partial charge in [-0.1, -0.05) is 0 Å². The van der Waals surface area contributed by atoms with Crippen LogP contribution >= 0.6 is 0 Å². The van der Waals surface area contributed by atoms with Crippen LogP contribution < -0.4 is 0 Å². The highest BCUT2D eigenvalue weighted by molar-refractivity contribution is 5.79. The predicted molar refractivity (Wildman–Crippen MR) is 71.3 cm³/mol. The number of nitrogens with zero attached hydrogens (tertiary/aromatic N) is 1. The number of aliphatic hydroxyl groups excluding tert-OH is 1. The minimum Gasteiger partial charge on any atom is -0.481 e. The summed E-state index contributed by atoms with van der Waals surface area (Å²) in [5.74, 6) is -0.928. The number of carbonyl (C=O) groups excluding carboxylic acids is 1. The standard InChI is InChI=1S/C14H23NO5/c1-13(2,3)20-12(19)15-6-4-5-10(15)14(11(17)18)7-9(16)8-14/h9-10,16H,4-8H2,1-3H3,(H,17,18). The zero-order chi connectivity index (χ0) is 15.1. The predicted octanol–water partition coefficient (Wildman–Crippen LogP) is 1.61. The highest BCUT2D eigenvalue weighted by Gasteiger charge is 2.59. The maximum Gasteiger partial charge on any atom is 0.410 e. The molecule has 1 heterocycles. The molecule has 6 nitrogen and oxygen atoms in total. The first-order valence-corrected chi connectivity index (χ1v) is 7.07. The van der Waals surface area contributed by atoms with Crippen molar-refractivity contribution in [2.24, 2.45) is 5.41 Å². The van der Waals surface area contributed by atoms with E-state index in [1.807, 2.05) is 0 Å². The first-order chi connectivity index (χ1) is 9.16. The summed E-state index contributed by atoms with van der Waals surface area (Å²) >= 11 is 0. The molecule has 20 heavy (non-hydrogen) atoms. The smallest absolute Gasteiger partial charge is 0.410 e. The van der Waals surface area contributed by atoms with Gasteiger partial charge in [-0.05, 0) is 46.5 Å². The monoisotopic (exact) mass is 285 g/mol. The molecule has 1 aliphatic carbocycles. The van der Waals surface area contributed by atoms with E-state index in [0.717, 1.165) is 6.42 Å². The Morgan fingerprint density at radius 3 is 2.35 bits per heavy atom. The van der Waals surface area contributed by atoms with Gasteiger partial charge in [-0.25, -0.2) is 4.79 Å². The van der Waals surface area contributed by atoms with Crippen molar-refractivity contribution in [3.8, 4) is 0 Å². The molecule has 0 aromatic rings. The first-order valence-electron chi connectivity index (χ1n) is 7.07. The number of hydrogen-bond acceptors (Lipinski definition) is 4. The van der Waals surface area contributed by atoms with Crippen molar-refractivity contribution in [1.82, 2.24) is 4.90 Å². The summed E-state index contributed by atoms with van der Waals surface area (Å²) in [6.07, 6.45) is 0.820. The Bertz CT molecular complexity index is 408. The number of ether oxygens (including phenoxy) is 1. The maximum atomic E-state index is 12.2. The maximum absolute atomic E-state index is 12.2. The fraction of sp³-hybridized carbons (Fsp3) is 0.857. The van der Waals surface area contributed by atoms with E-state index in [9.17, 15) is 19.8 Å². The lowest BCUT2D eigenvalue weighted by Crippen LogP contribution is -2.59. The minimum absolute atomic E-state index is 0.215. The average Bonchev–Trinajstić information content (AvgIpc) is 2.70. The molecule has 114 valence electrons. The van der Waals surface area contributed by atoms with Crippen molar-refractivity contribution < 1.29 is 24.5 Å². The lowest BCUT2D eigenvalue weighted by Gasteiger charge is -2.48. The third-order valence-corrected chi connectivity index (χ3v) is 4.14. The Morgan fingerprint density at radius 1 is 1.30 bits per heavy atom. The molecular weight excluding hydrogens is 262 g/mol. The summed E-state index contributed by atoms with van der Waals surface area (Å²) in [7, 11) is 0. The highest BCUT2D eigenvalue weighted by Crippen LogP contribution is 2.49. The molecule has 2 N–H and O–H groups in total. The molecule has 0 aromatic carbocycles. The second kappa shape index (κ2) is 4.91. The van der Waals surface area contributed by atoms with E-state index >= 15 is 0 Å². The number of rotatable bonds is 2. The van der Waals surface area contributed by atoms with E-state index in [4.69, 9.17) is 4.74 Å². The Kier molecular flexibility index (Phi) is 3.71. The van der Waals surface area contributed by atoms with Gasteiger partial charge in [0.15, 0.2) is 0 Å². The van der Waals surface area contributed by atoms with E-state index in [0.29, 0.717) is 13.0 Å². The Balaban J connectivity index is 2.15.